The molecule has 0 saturated heterocycles. The second-order valence-corrected chi connectivity index (χ2v) is 12.4. The molecule has 0 amide bonds. The van der Waals surface area contributed by atoms with E-state index in [-0.39, 0.29) is 0 Å². The highest BCUT2D eigenvalue weighted by atomic mass is 16.3. The number of benzene rings is 6. The van der Waals surface area contributed by atoms with Gasteiger partial charge in [0.15, 0.2) is 17.5 Å². The highest BCUT2D eigenvalue weighted by Gasteiger charge is 2.18. The lowest BCUT2D eigenvalue weighted by Gasteiger charge is -2.15. The van der Waals surface area contributed by atoms with E-state index in [2.05, 4.69) is 133 Å². The Kier molecular flexibility index (Phi) is 7.25. The number of rotatable bonds is 6. The largest absolute Gasteiger partial charge is 0.456 e. The van der Waals surface area contributed by atoms with Gasteiger partial charge < -0.3 is 4.42 Å². The average Bonchev–Trinajstić information content (AvgIpc) is 3.58. The maximum atomic E-state index is 6.23. The number of hydrogen-bond donors (Lipinski definition) is 0. The molecule has 0 N–H and O–H groups in total. The minimum Gasteiger partial charge on any atom is -0.456 e. The summed E-state index contributed by atoms with van der Waals surface area (Å²) in [6.45, 7) is 0. The number of aromatic nitrogens is 3. The lowest BCUT2D eigenvalue weighted by Crippen LogP contribution is -2.00. The average molecular weight is 630 g/mol. The van der Waals surface area contributed by atoms with Crippen LogP contribution in [-0.2, 0) is 0 Å². The number of hydrogen-bond acceptors (Lipinski definition) is 4. The highest BCUT2D eigenvalue weighted by Crippen LogP contribution is 2.37. The molecule has 232 valence electrons. The zero-order chi connectivity index (χ0) is 32.6. The number of allylic oxidation sites excluding steroid dienone is 4. The molecule has 49 heavy (non-hydrogen) atoms. The van der Waals surface area contributed by atoms with Crippen LogP contribution in [0.3, 0.4) is 0 Å². The van der Waals surface area contributed by atoms with Crippen molar-refractivity contribution in [2.75, 3.05) is 0 Å². The van der Waals surface area contributed by atoms with Crippen LogP contribution in [-0.4, -0.2) is 15.0 Å². The summed E-state index contributed by atoms with van der Waals surface area (Å²) < 4.78 is 6.23. The highest BCUT2D eigenvalue weighted by molar-refractivity contribution is 6.11. The molecule has 1 atom stereocenters. The topological polar surface area (TPSA) is 51.8 Å². The quantitative estimate of drug-likeness (QED) is 0.184. The van der Waals surface area contributed by atoms with E-state index in [1.807, 2.05) is 36.4 Å². The Labute approximate surface area is 284 Å². The van der Waals surface area contributed by atoms with Crippen LogP contribution in [0, 0.1) is 0 Å². The van der Waals surface area contributed by atoms with Crippen LogP contribution in [0.15, 0.2) is 174 Å². The zero-order valence-electron chi connectivity index (χ0n) is 26.7. The van der Waals surface area contributed by atoms with Crippen LogP contribution in [0.25, 0.3) is 78.4 Å². The van der Waals surface area contributed by atoms with Gasteiger partial charge in [-0.2, -0.15) is 0 Å². The lowest BCUT2D eigenvalue weighted by molar-refractivity contribution is 0.669. The molecule has 1 unspecified atom stereocenters. The predicted octanol–water partition coefficient (Wildman–Crippen LogP) is 11.7. The van der Waals surface area contributed by atoms with Gasteiger partial charge >= 0.3 is 0 Å². The van der Waals surface area contributed by atoms with Crippen LogP contribution < -0.4 is 0 Å². The molecule has 0 spiro atoms. The first-order chi connectivity index (χ1) is 24.3. The van der Waals surface area contributed by atoms with E-state index in [1.54, 1.807) is 0 Å². The number of para-hydroxylation sites is 1. The van der Waals surface area contributed by atoms with E-state index in [0.717, 1.165) is 61.7 Å². The van der Waals surface area contributed by atoms with Crippen molar-refractivity contribution in [3.63, 3.8) is 0 Å². The second-order valence-electron chi connectivity index (χ2n) is 12.4. The van der Waals surface area contributed by atoms with Crippen LogP contribution in [0.1, 0.15) is 17.9 Å². The summed E-state index contributed by atoms with van der Waals surface area (Å²) in [6, 6.07) is 50.4. The molecule has 0 aliphatic heterocycles. The van der Waals surface area contributed by atoms with Gasteiger partial charge in [0.1, 0.15) is 11.2 Å². The van der Waals surface area contributed by atoms with Crippen molar-refractivity contribution in [1.29, 1.82) is 0 Å². The molecule has 2 heterocycles. The first-order valence-electron chi connectivity index (χ1n) is 16.6. The Morgan fingerprint density at radius 3 is 1.94 bits per heavy atom. The van der Waals surface area contributed by atoms with Crippen molar-refractivity contribution < 1.29 is 4.42 Å². The molecule has 4 heteroatoms. The SMILES string of the molecule is C1=CCC(c2cccc(-c3ccc(-c4nc(-c5cccc(-c6ccccc6)c5)nc(-c5cccc6oc7ccccc7c56)n4)cc3)c2)C=C1. The fourth-order valence-electron chi connectivity index (χ4n) is 6.77. The van der Waals surface area contributed by atoms with E-state index in [4.69, 9.17) is 19.4 Å². The van der Waals surface area contributed by atoms with Crippen molar-refractivity contribution in [3.8, 4) is 56.4 Å². The third-order valence-corrected chi connectivity index (χ3v) is 9.28. The van der Waals surface area contributed by atoms with Crippen LogP contribution in [0.2, 0.25) is 0 Å². The zero-order valence-corrected chi connectivity index (χ0v) is 26.7. The number of furan rings is 1. The van der Waals surface area contributed by atoms with Gasteiger partial charge in [-0.1, -0.05) is 152 Å². The fourth-order valence-corrected chi connectivity index (χ4v) is 6.77. The van der Waals surface area contributed by atoms with Crippen molar-refractivity contribution >= 4 is 21.9 Å². The molecule has 8 aromatic rings. The molecule has 9 rings (SSSR count). The molecule has 0 bridgehead atoms. The van der Waals surface area contributed by atoms with Gasteiger partial charge in [0.2, 0.25) is 0 Å². The molecule has 0 fully saturated rings. The van der Waals surface area contributed by atoms with Gasteiger partial charge in [-0.3, -0.25) is 0 Å². The monoisotopic (exact) mass is 629 g/mol. The minimum atomic E-state index is 0.406. The Balaban J connectivity index is 1.17. The van der Waals surface area contributed by atoms with Gasteiger partial charge in [0, 0.05) is 33.4 Å². The van der Waals surface area contributed by atoms with E-state index >= 15 is 0 Å². The molecular formula is C45H31N3O. The first kappa shape index (κ1) is 28.8. The van der Waals surface area contributed by atoms with Gasteiger partial charge in [0.25, 0.3) is 0 Å². The van der Waals surface area contributed by atoms with E-state index in [0.29, 0.717) is 23.4 Å². The third kappa shape index (κ3) is 5.53. The Bertz CT molecular complexity index is 2530. The molecule has 0 saturated carbocycles. The Morgan fingerprint density at radius 1 is 0.469 bits per heavy atom. The van der Waals surface area contributed by atoms with E-state index < -0.39 is 0 Å². The van der Waals surface area contributed by atoms with Crippen molar-refractivity contribution in [3.05, 3.63) is 175 Å². The maximum Gasteiger partial charge on any atom is 0.164 e. The first-order valence-corrected chi connectivity index (χ1v) is 16.6. The Hall–Kier alpha value is -6.39. The van der Waals surface area contributed by atoms with Crippen molar-refractivity contribution in [2.24, 2.45) is 0 Å². The summed E-state index contributed by atoms with van der Waals surface area (Å²) in [4.78, 5) is 15.3. The van der Waals surface area contributed by atoms with Crippen molar-refractivity contribution in [2.45, 2.75) is 12.3 Å². The van der Waals surface area contributed by atoms with Crippen LogP contribution >= 0.6 is 0 Å². The molecule has 4 nitrogen and oxygen atoms in total. The van der Waals surface area contributed by atoms with Gasteiger partial charge in [-0.05, 0) is 52.4 Å². The predicted molar refractivity (Wildman–Crippen MR) is 200 cm³/mol. The van der Waals surface area contributed by atoms with Gasteiger partial charge in [-0.25, -0.2) is 15.0 Å². The smallest absolute Gasteiger partial charge is 0.164 e. The minimum absolute atomic E-state index is 0.406. The normalized spacial score (nSPS) is 14.1. The molecular weight excluding hydrogens is 599 g/mol. The van der Waals surface area contributed by atoms with Gasteiger partial charge in [0.05, 0.1) is 0 Å². The number of fused-ring (bicyclic) bond motifs is 3. The van der Waals surface area contributed by atoms with Gasteiger partial charge in [-0.15, -0.1) is 0 Å². The molecule has 0 radical (unpaired) electrons. The fraction of sp³-hybridized carbons (Fsp3) is 0.0444. The van der Waals surface area contributed by atoms with Crippen LogP contribution in [0.5, 0.6) is 0 Å². The summed E-state index contributed by atoms with van der Waals surface area (Å²) in [5.41, 5.74) is 10.3. The maximum absolute atomic E-state index is 6.23. The summed E-state index contributed by atoms with van der Waals surface area (Å²) in [5, 5.41) is 2.03. The second kappa shape index (κ2) is 12.3. The van der Waals surface area contributed by atoms with E-state index in [9.17, 15) is 0 Å². The third-order valence-electron chi connectivity index (χ3n) is 9.28. The Morgan fingerprint density at radius 2 is 1.10 bits per heavy atom. The summed E-state index contributed by atoms with van der Waals surface area (Å²) >= 11 is 0. The van der Waals surface area contributed by atoms with E-state index in [1.165, 1.54) is 11.1 Å². The van der Waals surface area contributed by atoms with Crippen molar-refractivity contribution in [1.82, 2.24) is 15.0 Å². The number of nitrogens with zero attached hydrogens (tertiary/aromatic N) is 3. The summed E-state index contributed by atoms with van der Waals surface area (Å²) in [5.74, 6) is 2.25. The molecule has 6 aromatic carbocycles. The van der Waals surface area contributed by atoms with Crippen LogP contribution in [0.4, 0.5) is 0 Å². The standard InChI is InChI=1S/C45H31N3O/c1-3-12-30(13-4-1)34-16-9-17-35(28-34)32-24-26-33(27-25-32)43-46-44(37-19-10-18-36(29-37)31-14-5-2-6-15-31)48-45(47-43)39-21-11-23-41-42(39)38-20-7-8-22-40(38)49-41/h1-12,14-30H,13H2. The molecule has 2 aromatic heterocycles. The summed E-state index contributed by atoms with van der Waals surface area (Å²) in [7, 11) is 0. The molecule has 1 aliphatic carbocycles. The lowest BCUT2D eigenvalue weighted by atomic mass is 9.90. The molecule has 1 aliphatic rings. The summed E-state index contributed by atoms with van der Waals surface area (Å²) in [6.07, 6.45) is 9.80.